The van der Waals surface area contributed by atoms with Gasteiger partial charge in [-0.1, -0.05) is 25.3 Å². The molecule has 2 aromatic carbocycles. The SMILES string of the molecule is C=CC(=O)Oc1ccc(-c2ccc(OC(=O)C(=C)C)c3c2CCC3)cc1C. The maximum atomic E-state index is 11.9. The first kappa shape index (κ1) is 18.6. The van der Waals surface area contributed by atoms with Crippen LogP contribution in [0.25, 0.3) is 11.1 Å². The van der Waals surface area contributed by atoms with E-state index in [0.717, 1.165) is 47.6 Å². The van der Waals surface area contributed by atoms with Crippen LogP contribution in [0.3, 0.4) is 0 Å². The molecule has 0 radical (unpaired) electrons. The fraction of sp³-hybridized carbons (Fsp3) is 0.217. The molecule has 0 fully saturated rings. The molecule has 0 bridgehead atoms. The van der Waals surface area contributed by atoms with Crippen LogP contribution in [0, 0.1) is 6.92 Å². The fourth-order valence-corrected chi connectivity index (χ4v) is 3.31. The Balaban J connectivity index is 1.96. The molecule has 3 rings (SSSR count). The van der Waals surface area contributed by atoms with E-state index in [1.807, 2.05) is 31.2 Å². The van der Waals surface area contributed by atoms with Crippen molar-refractivity contribution in [2.24, 2.45) is 0 Å². The molecular weight excluding hydrogens is 340 g/mol. The summed E-state index contributed by atoms with van der Waals surface area (Å²) in [5.41, 5.74) is 5.70. The van der Waals surface area contributed by atoms with Gasteiger partial charge in [0, 0.05) is 11.6 Å². The zero-order valence-electron chi connectivity index (χ0n) is 15.6. The number of rotatable bonds is 5. The maximum absolute atomic E-state index is 11.9. The van der Waals surface area contributed by atoms with Crippen molar-refractivity contribution < 1.29 is 19.1 Å². The number of ether oxygens (including phenoxy) is 2. The first-order chi connectivity index (χ1) is 12.9. The molecule has 2 aromatic rings. The van der Waals surface area contributed by atoms with Gasteiger partial charge in [0.2, 0.25) is 0 Å². The molecule has 0 saturated carbocycles. The summed E-state index contributed by atoms with van der Waals surface area (Å²) in [6.07, 6.45) is 3.99. The highest BCUT2D eigenvalue weighted by atomic mass is 16.5. The number of benzene rings is 2. The van der Waals surface area contributed by atoms with Crippen LogP contribution >= 0.6 is 0 Å². The topological polar surface area (TPSA) is 52.6 Å². The zero-order valence-corrected chi connectivity index (χ0v) is 15.6. The van der Waals surface area contributed by atoms with E-state index in [2.05, 4.69) is 13.2 Å². The van der Waals surface area contributed by atoms with Crippen molar-refractivity contribution in [3.05, 3.63) is 71.8 Å². The summed E-state index contributed by atoms with van der Waals surface area (Å²) in [6.45, 7) is 10.6. The Hall–Kier alpha value is -3.14. The lowest BCUT2D eigenvalue weighted by atomic mass is 9.95. The average molecular weight is 362 g/mol. The molecule has 0 N–H and O–H groups in total. The summed E-state index contributed by atoms with van der Waals surface area (Å²) < 4.78 is 10.7. The van der Waals surface area contributed by atoms with Gasteiger partial charge in [0.05, 0.1) is 0 Å². The maximum Gasteiger partial charge on any atom is 0.338 e. The predicted octanol–water partition coefficient (Wildman–Crippen LogP) is 4.72. The Labute approximate surface area is 159 Å². The van der Waals surface area contributed by atoms with Gasteiger partial charge in [-0.3, -0.25) is 0 Å². The highest BCUT2D eigenvalue weighted by Gasteiger charge is 2.22. The lowest BCUT2D eigenvalue weighted by Gasteiger charge is -2.15. The van der Waals surface area contributed by atoms with Crippen LogP contribution in [0.15, 0.2) is 55.1 Å². The lowest BCUT2D eigenvalue weighted by Crippen LogP contribution is -2.10. The Kier molecular flexibility index (Phi) is 5.26. The quantitative estimate of drug-likeness (QED) is 0.439. The van der Waals surface area contributed by atoms with Gasteiger partial charge >= 0.3 is 11.9 Å². The fourth-order valence-electron chi connectivity index (χ4n) is 3.31. The monoisotopic (exact) mass is 362 g/mol. The van der Waals surface area contributed by atoms with E-state index in [-0.39, 0.29) is 0 Å². The van der Waals surface area contributed by atoms with Crippen LogP contribution in [0.2, 0.25) is 0 Å². The van der Waals surface area contributed by atoms with Crippen molar-refractivity contribution in [2.45, 2.75) is 33.1 Å². The number of fused-ring (bicyclic) bond motifs is 1. The van der Waals surface area contributed by atoms with Crippen LogP contribution in [0.4, 0.5) is 0 Å². The standard InChI is InChI=1S/C23H22O4/c1-5-22(24)26-20-11-9-16(13-15(20)4)17-10-12-21(27-23(25)14(2)3)19-8-6-7-18(17)19/h5,9-13H,1-2,6-8H2,3-4H3. The van der Waals surface area contributed by atoms with Crippen molar-refractivity contribution in [2.75, 3.05) is 0 Å². The largest absolute Gasteiger partial charge is 0.423 e. The third-order valence-electron chi connectivity index (χ3n) is 4.66. The molecule has 0 aromatic heterocycles. The summed E-state index contributed by atoms with van der Waals surface area (Å²) in [5, 5.41) is 0. The summed E-state index contributed by atoms with van der Waals surface area (Å²) in [5.74, 6) is 0.260. The van der Waals surface area contributed by atoms with Crippen LogP contribution in [0.1, 0.15) is 30.0 Å². The van der Waals surface area contributed by atoms with E-state index in [0.29, 0.717) is 17.1 Å². The lowest BCUT2D eigenvalue weighted by molar-refractivity contribution is -0.130. The summed E-state index contributed by atoms with van der Waals surface area (Å²) >= 11 is 0. The van der Waals surface area contributed by atoms with Gasteiger partial charge in [-0.05, 0) is 79.1 Å². The summed E-state index contributed by atoms with van der Waals surface area (Å²) in [6, 6.07) is 9.56. The second kappa shape index (κ2) is 7.62. The highest BCUT2D eigenvalue weighted by Crippen LogP contribution is 2.39. The minimum Gasteiger partial charge on any atom is -0.423 e. The molecule has 1 aliphatic carbocycles. The molecule has 0 amide bonds. The molecule has 4 nitrogen and oxygen atoms in total. The molecule has 27 heavy (non-hydrogen) atoms. The van der Waals surface area contributed by atoms with Crippen molar-refractivity contribution in [1.82, 2.24) is 0 Å². The number of esters is 2. The zero-order chi connectivity index (χ0) is 19.6. The van der Waals surface area contributed by atoms with E-state index in [9.17, 15) is 9.59 Å². The van der Waals surface area contributed by atoms with E-state index in [1.165, 1.54) is 5.56 Å². The minimum atomic E-state index is -0.476. The van der Waals surface area contributed by atoms with Gasteiger partial charge in [0.25, 0.3) is 0 Å². The molecule has 0 heterocycles. The van der Waals surface area contributed by atoms with Gasteiger partial charge in [0.15, 0.2) is 0 Å². The Bertz CT molecular complexity index is 953. The normalized spacial score (nSPS) is 12.2. The van der Waals surface area contributed by atoms with Gasteiger partial charge in [-0.2, -0.15) is 0 Å². The third kappa shape index (κ3) is 3.85. The van der Waals surface area contributed by atoms with Gasteiger partial charge < -0.3 is 9.47 Å². The van der Waals surface area contributed by atoms with E-state index in [1.54, 1.807) is 13.0 Å². The van der Waals surface area contributed by atoms with Crippen LogP contribution < -0.4 is 9.47 Å². The van der Waals surface area contributed by atoms with Gasteiger partial charge in [-0.25, -0.2) is 9.59 Å². The minimum absolute atomic E-state index is 0.381. The highest BCUT2D eigenvalue weighted by molar-refractivity contribution is 5.89. The first-order valence-corrected chi connectivity index (χ1v) is 8.88. The molecule has 0 unspecified atom stereocenters. The number of hydrogen-bond acceptors (Lipinski definition) is 4. The number of carbonyl (C=O) groups excluding carboxylic acids is 2. The molecule has 0 spiro atoms. The molecule has 4 heteroatoms. The van der Waals surface area contributed by atoms with E-state index < -0.39 is 11.9 Å². The predicted molar refractivity (Wildman–Crippen MR) is 105 cm³/mol. The van der Waals surface area contributed by atoms with Crippen LogP contribution in [-0.4, -0.2) is 11.9 Å². The number of carbonyl (C=O) groups is 2. The number of hydrogen-bond donors (Lipinski definition) is 0. The molecule has 0 aliphatic heterocycles. The van der Waals surface area contributed by atoms with Crippen LogP contribution in [0.5, 0.6) is 11.5 Å². The van der Waals surface area contributed by atoms with Gasteiger partial charge in [-0.15, -0.1) is 0 Å². The van der Waals surface area contributed by atoms with E-state index in [4.69, 9.17) is 9.47 Å². The Morgan fingerprint density at radius 2 is 1.74 bits per heavy atom. The number of aryl methyl sites for hydroxylation is 1. The van der Waals surface area contributed by atoms with Crippen molar-refractivity contribution >= 4 is 11.9 Å². The Morgan fingerprint density at radius 1 is 1.04 bits per heavy atom. The second-order valence-electron chi connectivity index (χ2n) is 6.70. The summed E-state index contributed by atoms with van der Waals surface area (Å²) in [4.78, 5) is 23.3. The smallest absolute Gasteiger partial charge is 0.338 e. The van der Waals surface area contributed by atoms with Crippen LogP contribution in [-0.2, 0) is 22.4 Å². The molecule has 1 aliphatic rings. The van der Waals surface area contributed by atoms with Crippen molar-refractivity contribution in [3.63, 3.8) is 0 Å². The third-order valence-corrected chi connectivity index (χ3v) is 4.66. The Morgan fingerprint density at radius 3 is 2.41 bits per heavy atom. The first-order valence-electron chi connectivity index (χ1n) is 8.88. The molecule has 138 valence electrons. The van der Waals surface area contributed by atoms with Gasteiger partial charge in [0.1, 0.15) is 11.5 Å². The molecular formula is C23H22O4. The van der Waals surface area contributed by atoms with Crippen molar-refractivity contribution in [1.29, 1.82) is 0 Å². The second-order valence-corrected chi connectivity index (χ2v) is 6.70. The average Bonchev–Trinajstić information content (AvgIpc) is 3.13. The summed E-state index contributed by atoms with van der Waals surface area (Å²) in [7, 11) is 0. The van der Waals surface area contributed by atoms with Crippen molar-refractivity contribution in [3.8, 4) is 22.6 Å². The molecule has 0 atom stereocenters. The van der Waals surface area contributed by atoms with E-state index >= 15 is 0 Å². The molecule has 0 saturated heterocycles.